The second kappa shape index (κ2) is 5.64. The molecule has 116 valence electrons. The van der Waals surface area contributed by atoms with Gasteiger partial charge in [0, 0.05) is 12.0 Å². The van der Waals surface area contributed by atoms with Crippen molar-refractivity contribution in [2.45, 2.75) is 59.4 Å². The Labute approximate surface area is 129 Å². The van der Waals surface area contributed by atoms with Gasteiger partial charge in [0.15, 0.2) is 0 Å². The maximum atomic E-state index is 6.15. The summed E-state index contributed by atoms with van der Waals surface area (Å²) in [4.78, 5) is 0. The largest absolute Gasteiger partial charge is 0.493 e. The van der Waals surface area contributed by atoms with Gasteiger partial charge in [0.05, 0.1) is 6.61 Å². The Kier molecular flexibility index (Phi) is 4.00. The van der Waals surface area contributed by atoms with E-state index in [4.69, 9.17) is 4.74 Å². The van der Waals surface area contributed by atoms with Crippen LogP contribution in [0.1, 0.15) is 57.6 Å². The zero-order valence-electron chi connectivity index (χ0n) is 13.8. The summed E-state index contributed by atoms with van der Waals surface area (Å²) in [5, 5.41) is 3.43. The first-order valence-electron chi connectivity index (χ1n) is 8.41. The molecular weight excluding hydrogens is 258 g/mol. The lowest BCUT2D eigenvalue weighted by Gasteiger charge is -2.41. The van der Waals surface area contributed by atoms with Crippen molar-refractivity contribution in [3.05, 3.63) is 29.3 Å². The van der Waals surface area contributed by atoms with E-state index in [2.05, 4.69) is 44.3 Å². The zero-order valence-corrected chi connectivity index (χ0v) is 13.8. The smallest absolute Gasteiger partial charge is 0.119 e. The molecule has 0 unspecified atom stereocenters. The van der Waals surface area contributed by atoms with Crippen LogP contribution in [0.2, 0.25) is 0 Å². The van der Waals surface area contributed by atoms with Gasteiger partial charge in [-0.3, -0.25) is 0 Å². The molecule has 3 rings (SSSR count). The Morgan fingerprint density at radius 1 is 1.05 bits per heavy atom. The molecule has 0 spiro atoms. The Morgan fingerprint density at radius 3 is 2.57 bits per heavy atom. The normalized spacial score (nSPS) is 23.4. The predicted octanol–water partition coefficient (Wildman–Crippen LogP) is 4.32. The molecule has 0 bridgehead atoms. The molecule has 0 saturated heterocycles. The maximum absolute atomic E-state index is 6.15. The Morgan fingerprint density at radius 2 is 1.81 bits per heavy atom. The van der Waals surface area contributed by atoms with Crippen LogP contribution in [0.15, 0.2) is 18.2 Å². The van der Waals surface area contributed by atoms with Crippen molar-refractivity contribution in [3.63, 3.8) is 0 Å². The standard InChI is InChI=1S/C19H29NO/c1-18(2)7-9-19(3,10-8-18)14-21-17-5-4-15-6-11-20-13-16(15)12-17/h4-5,12,20H,6-11,13-14H2,1-3H3. The lowest BCUT2D eigenvalue weighted by atomic mass is 9.66. The second-order valence-corrected chi connectivity index (χ2v) is 8.12. The first kappa shape index (κ1) is 14.9. The molecule has 1 aromatic rings. The Hall–Kier alpha value is -1.02. The number of fused-ring (bicyclic) bond motifs is 1. The zero-order chi connectivity index (χ0) is 14.9. The summed E-state index contributed by atoms with van der Waals surface area (Å²) in [5.41, 5.74) is 3.76. The number of nitrogens with one attached hydrogen (secondary N) is 1. The van der Waals surface area contributed by atoms with Crippen LogP contribution in [-0.2, 0) is 13.0 Å². The summed E-state index contributed by atoms with van der Waals surface area (Å²) in [5.74, 6) is 1.04. The van der Waals surface area contributed by atoms with Gasteiger partial charge < -0.3 is 10.1 Å². The summed E-state index contributed by atoms with van der Waals surface area (Å²) in [6.07, 6.45) is 6.35. The lowest BCUT2D eigenvalue weighted by Crippen LogP contribution is -2.33. The van der Waals surface area contributed by atoms with Gasteiger partial charge in [-0.05, 0) is 67.3 Å². The molecule has 0 radical (unpaired) electrons. The lowest BCUT2D eigenvalue weighted by molar-refractivity contribution is 0.0658. The van der Waals surface area contributed by atoms with Crippen LogP contribution in [0, 0.1) is 10.8 Å². The molecule has 0 amide bonds. The van der Waals surface area contributed by atoms with E-state index < -0.39 is 0 Å². The van der Waals surface area contributed by atoms with Crippen molar-refractivity contribution in [1.82, 2.24) is 5.32 Å². The molecule has 1 N–H and O–H groups in total. The molecule has 0 atom stereocenters. The van der Waals surface area contributed by atoms with Gasteiger partial charge in [-0.2, -0.15) is 0 Å². The van der Waals surface area contributed by atoms with Crippen molar-refractivity contribution in [2.75, 3.05) is 13.2 Å². The summed E-state index contributed by atoms with van der Waals surface area (Å²) in [6.45, 7) is 10.1. The number of hydrogen-bond acceptors (Lipinski definition) is 2. The molecule has 2 aliphatic rings. The summed E-state index contributed by atoms with van der Waals surface area (Å²) < 4.78 is 6.15. The molecular formula is C19H29NO. The molecule has 1 fully saturated rings. The average Bonchev–Trinajstić information content (AvgIpc) is 2.49. The van der Waals surface area contributed by atoms with Crippen molar-refractivity contribution >= 4 is 0 Å². The predicted molar refractivity (Wildman–Crippen MR) is 87.7 cm³/mol. The number of hydrogen-bond donors (Lipinski definition) is 1. The molecule has 1 aromatic carbocycles. The minimum absolute atomic E-state index is 0.351. The van der Waals surface area contributed by atoms with Gasteiger partial charge in [-0.15, -0.1) is 0 Å². The summed E-state index contributed by atoms with van der Waals surface area (Å²) >= 11 is 0. The van der Waals surface area contributed by atoms with Crippen LogP contribution < -0.4 is 10.1 Å². The van der Waals surface area contributed by atoms with E-state index in [1.807, 2.05) is 0 Å². The van der Waals surface area contributed by atoms with Gasteiger partial charge in [0.2, 0.25) is 0 Å². The van der Waals surface area contributed by atoms with E-state index in [0.717, 1.165) is 31.9 Å². The minimum Gasteiger partial charge on any atom is -0.493 e. The third-order valence-corrected chi connectivity index (χ3v) is 5.46. The minimum atomic E-state index is 0.351. The van der Waals surface area contributed by atoms with E-state index in [-0.39, 0.29) is 0 Å². The Bertz CT molecular complexity index is 496. The van der Waals surface area contributed by atoms with Gasteiger partial charge in [0.25, 0.3) is 0 Å². The SMILES string of the molecule is CC1(C)CCC(C)(COc2ccc3c(c2)CNCC3)CC1. The van der Waals surface area contributed by atoms with Gasteiger partial charge in [0.1, 0.15) is 5.75 Å². The molecule has 21 heavy (non-hydrogen) atoms. The fourth-order valence-electron chi connectivity index (χ4n) is 3.48. The molecule has 1 aliphatic heterocycles. The Balaban J connectivity index is 1.60. The monoisotopic (exact) mass is 287 g/mol. The molecule has 1 saturated carbocycles. The van der Waals surface area contributed by atoms with Crippen LogP contribution in [0.4, 0.5) is 0 Å². The van der Waals surface area contributed by atoms with E-state index in [1.54, 1.807) is 0 Å². The van der Waals surface area contributed by atoms with E-state index >= 15 is 0 Å². The van der Waals surface area contributed by atoms with E-state index in [0.29, 0.717) is 10.8 Å². The fourth-order valence-corrected chi connectivity index (χ4v) is 3.48. The highest BCUT2D eigenvalue weighted by molar-refractivity contribution is 5.37. The van der Waals surface area contributed by atoms with Gasteiger partial charge in [-0.1, -0.05) is 26.8 Å². The molecule has 2 heteroatoms. The molecule has 1 heterocycles. The van der Waals surface area contributed by atoms with E-state index in [9.17, 15) is 0 Å². The number of ether oxygens (including phenoxy) is 1. The van der Waals surface area contributed by atoms with Crippen molar-refractivity contribution in [3.8, 4) is 5.75 Å². The van der Waals surface area contributed by atoms with Crippen LogP contribution in [-0.4, -0.2) is 13.2 Å². The van der Waals surface area contributed by atoms with Gasteiger partial charge in [-0.25, -0.2) is 0 Å². The molecule has 1 aliphatic carbocycles. The van der Waals surface area contributed by atoms with Crippen LogP contribution >= 0.6 is 0 Å². The second-order valence-electron chi connectivity index (χ2n) is 8.12. The van der Waals surface area contributed by atoms with Crippen LogP contribution in [0.5, 0.6) is 5.75 Å². The first-order chi connectivity index (χ1) is 9.96. The third kappa shape index (κ3) is 3.60. The third-order valence-electron chi connectivity index (χ3n) is 5.46. The topological polar surface area (TPSA) is 21.3 Å². The molecule has 0 aromatic heterocycles. The fraction of sp³-hybridized carbons (Fsp3) is 0.684. The highest BCUT2D eigenvalue weighted by atomic mass is 16.5. The quantitative estimate of drug-likeness (QED) is 0.894. The van der Waals surface area contributed by atoms with Crippen molar-refractivity contribution < 1.29 is 4.74 Å². The summed E-state index contributed by atoms with van der Waals surface area (Å²) in [7, 11) is 0. The average molecular weight is 287 g/mol. The van der Waals surface area contributed by atoms with Crippen LogP contribution in [0.25, 0.3) is 0 Å². The van der Waals surface area contributed by atoms with Crippen molar-refractivity contribution in [1.29, 1.82) is 0 Å². The van der Waals surface area contributed by atoms with Crippen molar-refractivity contribution in [2.24, 2.45) is 10.8 Å². The highest BCUT2D eigenvalue weighted by Crippen LogP contribution is 2.45. The highest BCUT2D eigenvalue weighted by Gasteiger charge is 2.35. The summed E-state index contributed by atoms with van der Waals surface area (Å²) in [6, 6.07) is 6.63. The van der Waals surface area contributed by atoms with Gasteiger partial charge >= 0.3 is 0 Å². The maximum Gasteiger partial charge on any atom is 0.119 e. The van der Waals surface area contributed by atoms with Crippen LogP contribution in [0.3, 0.4) is 0 Å². The first-order valence-corrected chi connectivity index (χ1v) is 8.41. The molecule has 2 nitrogen and oxygen atoms in total. The van der Waals surface area contributed by atoms with E-state index in [1.165, 1.54) is 36.8 Å². The number of rotatable bonds is 3. The number of benzene rings is 1.